The third-order valence-corrected chi connectivity index (χ3v) is 7.55. The number of carbonyl (C=O) groups is 2. The normalized spacial score (nSPS) is 20.9. The molecule has 1 spiro atoms. The van der Waals surface area contributed by atoms with Gasteiger partial charge in [-0.1, -0.05) is 79.7 Å². The number of fused-ring (bicyclic) bond motifs is 2. The van der Waals surface area contributed by atoms with Gasteiger partial charge in [-0.25, -0.2) is 4.68 Å². The number of likely N-dealkylation sites (tertiary alicyclic amines) is 1. The first-order chi connectivity index (χ1) is 17.9. The van der Waals surface area contributed by atoms with E-state index in [2.05, 4.69) is 24.2 Å². The molecule has 3 aromatic carbocycles. The maximum atomic E-state index is 14.3. The lowest BCUT2D eigenvalue weighted by Gasteiger charge is -2.33. The number of aromatic nitrogens is 3. The van der Waals surface area contributed by atoms with E-state index in [1.54, 1.807) is 16.6 Å². The molecule has 186 valence electrons. The molecule has 0 radical (unpaired) electrons. The van der Waals surface area contributed by atoms with E-state index >= 15 is 0 Å². The van der Waals surface area contributed by atoms with Gasteiger partial charge in [0.1, 0.15) is 11.1 Å². The van der Waals surface area contributed by atoms with E-state index in [0.717, 1.165) is 33.8 Å². The van der Waals surface area contributed by atoms with Crippen LogP contribution in [0, 0.1) is 5.92 Å². The van der Waals surface area contributed by atoms with Gasteiger partial charge in [0.15, 0.2) is 0 Å². The summed E-state index contributed by atoms with van der Waals surface area (Å²) in [5.41, 5.74) is 4.26. The first kappa shape index (κ1) is 23.2. The van der Waals surface area contributed by atoms with E-state index in [9.17, 15) is 9.59 Å². The van der Waals surface area contributed by atoms with Crippen LogP contribution < -0.4 is 4.90 Å². The Balaban J connectivity index is 1.52. The van der Waals surface area contributed by atoms with Crippen molar-refractivity contribution in [2.24, 2.45) is 5.92 Å². The van der Waals surface area contributed by atoms with Gasteiger partial charge in [-0.05, 0) is 35.2 Å². The van der Waals surface area contributed by atoms with Gasteiger partial charge in [0.05, 0.1) is 17.9 Å². The zero-order valence-electron chi connectivity index (χ0n) is 21.2. The number of hydrogen-bond donors (Lipinski definition) is 0. The molecule has 0 aliphatic carbocycles. The fourth-order valence-corrected chi connectivity index (χ4v) is 5.92. The van der Waals surface area contributed by atoms with Crippen molar-refractivity contribution >= 4 is 17.5 Å². The summed E-state index contributed by atoms with van der Waals surface area (Å²) in [6, 6.07) is 25.4. The molecular weight excluding hydrogens is 462 g/mol. The van der Waals surface area contributed by atoms with Gasteiger partial charge in [0.25, 0.3) is 0 Å². The third-order valence-electron chi connectivity index (χ3n) is 7.55. The molecular formula is C30H29N5O2. The highest BCUT2D eigenvalue weighted by atomic mass is 16.2. The summed E-state index contributed by atoms with van der Waals surface area (Å²) in [6.45, 7) is 4.80. The minimum Gasteiger partial charge on any atom is -0.337 e. The van der Waals surface area contributed by atoms with Crippen molar-refractivity contribution in [2.75, 3.05) is 18.5 Å². The minimum absolute atomic E-state index is 0.0107. The van der Waals surface area contributed by atoms with Crippen LogP contribution in [0.2, 0.25) is 0 Å². The molecule has 6 rings (SSSR count). The Morgan fingerprint density at radius 2 is 1.68 bits per heavy atom. The highest BCUT2D eigenvalue weighted by Crippen LogP contribution is 2.57. The van der Waals surface area contributed by atoms with Crippen molar-refractivity contribution in [3.8, 4) is 16.9 Å². The maximum Gasteiger partial charge on any atom is 0.240 e. The van der Waals surface area contributed by atoms with E-state index in [1.807, 2.05) is 90.0 Å². The van der Waals surface area contributed by atoms with Crippen LogP contribution >= 0.6 is 0 Å². The predicted octanol–water partition coefficient (Wildman–Crippen LogP) is 4.78. The first-order valence-corrected chi connectivity index (χ1v) is 12.7. The van der Waals surface area contributed by atoms with Gasteiger partial charge in [0, 0.05) is 31.3 Å². The topological polar surface area (TPSA) is 71.3 Å². The van der Waals surface area contributed by atoms with Crippen LogP contribution in [-0.4, -0.2) is 45.3 Å². The molecule has 1 saturated heterocycles. The summed E-state index contributed by atoms with van der Waals surface area (Å²) in [4.78, 5) is 31.2. The van der Waals surface area contributed by atoms with Crippen molar-refractivity contribution < 1.29 is 9.59 Å². The molecule has 0 saturated carbocycles. The molecule has 0 bridgehead atoms. The Morgan fingerprint density at radius 1 is 0.973 bits per heavy atom. The van der Waals surface area contributed by atoms with Gasteiger partial charge in [-0.15, -0.1) is 5.10 Å². The van der Waals surface area contributed by atoms with Gasteiger partial charge in [0.2, 0.25) is 11.8 Å². The molecule has 37 heavy (non-hydrogen) atoms. The molecule has 2 aliphatic rings. The van der Waals surface area contributed by atoms with Crippen LogP contribution in [0.3, 0.4) is 0 Å². The van der Waals surface area contributed by atoms with Crippen LogP contribution in [-0.2, 0) is 15.0 Å². The second kappa shape index (κ2) is 8.69. The Labute approximate surface area is 216 Å². The van der Waals surface area contributed by atoms with Gasteiger partial charge in [-0.3, -0.25) is 9.59 Å². The highest BCUT2D eigenvalue weighted by molar-refractivity contribution is 6.12. The Morgan fingerprint density at radius 3 is 2.38 bits per heavy atom. The summed E-state index contributed by atoms with van der Waals surface area (Å²) >= 11 is 0. The van der Waals surface area contributed by atoms with Gasteiger partial charge < -0.3 is 9.80 Å². The fourth-order valence-electron chi connectivity index (χ4n) is 5.92. The number of amides is 2. The summed E-state index contributed by atoms with van der Waals surface area (Å²) in [5, 5.41) is 8.76. The molecule has 2 aliphatic heterocycles. The molecule has 4 aromatic rings. The van der Waals surface area contributed by atoms with Crippen LogP contribution in [0.25, 0.3) is 16.9 Å². The van der Waals surface area contributed by atoms with E-state index in [0.29, 0.717) is 6.54 Å². The zero-order valence-corrected chi connectivity index (χ0v) is 21.2. The lowest BCUT2D eigenvalue weighted by Crippen LogP contribution is -2.45. The Hall–Kier alpha value is -4.26. The third kappa shape index (κ3) is 3.56. The fraction of sp³-hybridized carbons (Fsp3) is 0.267. The van der Waals surface area contributed by atoms with E-state index in [1.165, 1.54) is 0 Å². The number of nitrogens with zero attached hydrogens (tertiary/aromatic N) is 5. The zero-order chi connectivity index (χ0) is 25.7. The molecule has 2 amide bonds. The highest BCUT2D eigenvalue weighted by Gasteiger charge is 2.62. The smallest absolute Gasteiger partial charge is 0.240 e. The molecule has 2 atom stereocenters. The Bertz CT molecular complexity index is 1480. The summed E-state index contributed by atoms with van der Waals surface area (Å²) in [6.07, 6.45) is 2.03. The lowest BCUT2D eigenvalue weighted by molar-refractivity contribution is -0.128. The molecule has 1 unspecified atom stereocenters. The van der Waals surface area contributed by atoms with Crippen LogP contribution in [0.5, 0.6) is 0 Å². The van der Waals surface area contributed by atoms with Crippen LogP contribution in [0.4, 0.5) is 5.69 Å². The number of benzene rings is 3. The second-order valence-electron chi connectivity index (χ2n) is 10.4. The SMILES string of the molecule is CC(C)CN1C(=O)[C@]2(CC(=O)N(C)C2c2ccccc2)c2cc(-n3cc(-c4ccccc4)nn3)ccc21. The number of rotatable bonds is 5. The molecule has 7 nitrogen and oxygen atoms in total. The van der Waals surface area contributed by atoms with E-state index in [4.69, 9.17) is 0 Å². The average Bonchev–Trinajstić information content (AvgIpc) is 3.56. The largest absolute Gasteiger partial charge is 0.337 e. The van der Waals surface area contributed by atoms with Crippen molar-refractivity contribution in [1.82, 2.24) is 19.9 Å². The van der Waals surface area contributed by atoms with Gasteiger partial charge in [-0.2, -0.15) is 0 Å². The number of hydrogen-bond acceptors (Lipinski definition) is 4. The Kier molecular flexibility index (Phi) is 5.44. The first-order valence-electron chi connectivity index (χ1n) is 12.7. The summed E-state index contributed by atoms with van der Waals surface area (Å²) in [5.74, 6) is 0.237. The monoisotopic (exact) mass is 491 g/mol. The van der Waals surface area contributed by atoms with Crippen molar-refractivity contribution in [3.63, 3.8) is 0 Å². The second-order valence-corrected chi connectivity index (χ2v) is 10.4. The van der Waals surface area contributed by atoms with Gasteiger partial charge >= 0.3 is 0 Å². The lowest BCUT2D eigenvalue weighted by atomic mass is 9.72. The van der Waals surface area contributed by atoms with E-state index in [-0.39, 0.29) is 24.2 Å². The molecule has 7 heteroatoms. The molecule has 1 aromatic heterocycles. The summed E-state index contributed by atoms with van der Waals surface area (Å²) in [7, 11) is 1.81. The molecule has 3 heterocycles. The number of anilines is 1. The van der Waals surface area contributed by atoms with Crippen molar-refractivity contribution in [2.45, 2.75) is 31.7 Å². The maximum absolute atomic E-state index is 14.3. The molecule has 0 N–H and O–H groups in total. The number of likely N-dealkylation sites (N-methyl/N-ethyl adjacent to an activating group) is 1. The van der Waals surface area contributed by atoms with Crippen molar-refractivity contribution in [1.29, 1.82) is 0 Å². The summed E-state index contributed by atoms with van der Waals surface area (Å²) < 4.78 is 1.74. The van der Waals surface area contributed by atoms with E-state index < -0.39 is 11.5 Å². The predicted molar refractivity (Wildman–Crippen MR) is 142 cm³/mol. The van der Waals surface area contributed by atoms with Crippen LogP contribution in [0.15, 0.2) is 85.1 Å². The quantitative estimate of drug-likeness (QED) is 0.403. The standard InChI is InChI=1S/C30H29N5O2/c1-20(2)18-34-26-15-14-23(35-19-25(31-32-35)21-10-6-4-7-11-21)16-24(26)30(29(34)37)17-27(36)33(3)28(30)22-12-8-5-9-13-22/h4-16,19-20,28H,17-18H2,1-3H3/t28?,30-/m1/s1. The van der Waals surface area contributed by atoms with Crippen LogP contribution in [0.1, 0.15) is 37.4 Å². The van der Waals surface area contributed by atoms with Crippen molar-refractivity contribution in [3.05, 3.63) is 96.2 Å². The molecule has 1 fully saturated rings. The minimum atomic E-state index is -1.00. The average molecular weight is 492 g/mol. The number of carbonyl (C=O) groups excluding carboxylic acids is 2.